The molecule has 0 amide bonds. The molecule has 1 atom stereocenters. The third-order valence-corrected chi connectivity index (χ3v) is 2.96. The van der Waals surface area contributed by atoms with E-state index in [0.29, 0.717) is 31.3 Å². The van der Waals surface area contributed by atoms with Gasteiger partial charge in [-0.2, -0.15) is 0 Å². The summed E-state index contributed by atoms with van der Waals surface area (Å²) in [5.41, 5.74) is 0.0366. The number of hydrogen-bond acceptors (Lipinski definition) is 3. The summed E-state index contributed by atoms with van der Waals surface area (Å²) < 4.78 is 5.21. The zero-order chi connectivity index (χ0) is 10.8. The van der Waals surface area contributed by atoms with Crippen molar-refractivity contribution in [2.24, 2.45) is 0 Å². The fraction of sp³-hybridized carbons (Fsp3) is 0.909. The quantitative estimate of drug-likeness (QED) is 0.689. The second-order valence-corrected chi connectivity index (χ2v) is 4.78. The molecule has 0 aromatic rings. The Morgan fingerprint density at radius 2 is 2.21 bits per heavy atom. The summed E-state index contributed by atoms with van der Waals surface area (Å²) in [5, 5.41) is 0. The van der Waals surface area contributed by atoms with Crippen molar-refractivity contribution in [3.05, 3.63) is 0 Å². The molecular formula is C11H21NO2. The van der Waals surface area contributed by atoms with E-state index in [1.54, 1.807) is 7.11 Å². The SMILES string of the molecule is COCC(C)(C)N1CCC(=O)CC1C. The van der Waals surface area contributed by atoms with Gasteiger partial charge < -0.3 is 4.74 Å². The van der Waals surface area contributed by atoms with Gasteiger partial charge in [0.2, 0.25) is 0 Å². The number of Topliss-reactive ketones (excluding diaryl/α,β-unsaturated/α-hetero) is 1. The highest BCUT2D eigenvalue weighted by Crippen LogP contribution is 2.24. The molecule has 0 aromatic heterocycles. The summed E-state index contributed by atoms with van der Waals surface area (Å²) >= 11 is 0. The summed E-state index contributed by atoms with van der Waals surface area (Å²) in [6.07, 6.45) is 1.38. The third kappa shape index (κ3) is 2.55. The molecule has 0 radical (unpaired) electrons. The van der Waals surface area contributed by atoms with Crippen molar-refractivity contribution in [2.75, 3.05) is 20.3 Å². The highest BCUT2D eigenvalue weighted by atomic mass is 16.5. The van der Waals surface area contributed by atoms with Crippen molar-refractivity contribution < 1.29 is 9.53 Å². The predicted molar refractivity (Wildman–Crippen MR) is 56.4 cm³/mol. The second kappa shape index (κ2) is 4.41. The standard InChI is InChI=1S/C11H21NO2/c1-9-7-10(13)5-6-12(9)11(2,3)8-14-4/h9H,5-8H2,1-4H3. The molecule has 1 fully saturated rings. The Bertz CT molecular complexity index is 213. The van der Waals surface area contributed by atoms with Gasteiger partial charge in [0.25, 0.3) is 0 Å². The number of ketones is 1. The van der Waals surface area contributed by atoms with Crippen molar-refractivity contribution in [3.8, 4) is 0 Å². The Balaban J connectivity index is 2.63. The molecule has 0 bridgehead atoms. The van der Waals surface area contributed by atoms with Crippen LogP contribution < -0.4 is 0 Å². The van der Waals surface area contributed by atoms with E-state index in [9.17, 15) is 4.79 Å². The van der Waals surface area contributed by atoms with E-state index in [1.165, 1.54) is 0 Å². The number of carbonyl (C=O) groups excluding carboxylic acids is 1. The predicted octanol–water partition coefficient (Wildman–Crippen LogP) is 1.46. The lowest BCUT2D eigenvalue weighted by molar-refractivity contribution is -0.125. The van der Waals surface area contributed by atoms with Gasteiger partial charge in [0, 0.05) is 38.1 Å². The van der Waals surface area contributed by atoms with E-state index in [0.717, 1.165) is 6.54 Å². The van der Waals surface area contributed by atoms with Crippen LogP contribution in [0.1, 0.15) is 33.6 Å². The van der Waals surface area contributed by atoms with Crippen molar-refractivity contribution in [1.82, 2.24) is 4.90 Å². The van der Waals surface area contributed by atoms with Crippen LogP contribution in [0.25, 0.3) is 0 Å². The fourth-order valence-electron chi connectivity index (χ4n) is 2.34. The Labute approximate surface area is 86.4 Å². The maximum Gasteiger partial charge on any atom is 0.135 e. The average Bonchev–Trinajstić information content (AvgIpc) is 2.02. The Morgan fingerprint density at radius 3 is 2.71 bits per heavy atom. The van der Waals surface area contributed by atoms with Crippen molar-refractivity contribution in [2.45, 2.75) is 45.2 Å². The van der Waals surface area contributed by atoms with Crippen LogP contribution in [-0.2, 0) is 9.53 Å². The molecule has 0 aliphatic carbocycles. The zero-order valence-corrected chi connectivity index (χ0v) is 9.67. The fourth-order valence-corrected chi connectivity index (χ4v) is 2.34. The van der Waals surface area contributed by atoms with Crippen LogP contribution in [0.2, 0.25) is 0 Å². The Hall–Kier alpha value is -0.410. The first-order valence-corrected chi connectivity index (χ1v) is 5.25. The van der Waals surface area contributed by atoms with Crippen molar-refractivity contribution >= 4 is 5.78 Å². The van der Waals surface area contributed by atoms with Crippen LogP contribution >= 0.6 is 0 Å². The van der Waals surface area contributed by atoms with Gasteiger partial charge in [-0.05, 0) is 20.8 Å². The maximum atomic E-state index is 11.2. The van der Waals surface area contributed by atoms with E-state index in [1.807, 2.05) is 0 Å². The number of likely N-dealkylation sites (tertiary alicyclic amines) is 1. The summed E-state index contributed by atoms with van der Waals surface area (Å²) in [4.78, 5) is 13.6. The number of piperidine rings is 1. The average molecular weight is 199 g/mol. The number of rotatable bonds is 3. The smallest absolute Gasteiger partial charge is 0.135 e. The monoisotopic (exact) mass is 199 g/mol. The summed E-state index contributed by atoms with van der Waals surface area (Å²) in [7, 11) is 1.72. The minimum Gasteiger partial charge on any atom is -0.383 e. The van der Waals surface area contributed by atoms with Crippen LogP contribution in [0.4, 0.5) is 0 Å². The molecule has 1 unspecified atom stereocenters. The molecule has 3 heteroatoms. The summed E-state index contributed by atoms with van der Waals surface area (Å²) in [6.45, 7) is 8.04. The number of carbonyl (C=O) groups is 1. The Kier molecular flexibility index (Phi) is 3.67. The molecule has 0 spiro atoms. The van der Waals surface area contributed by atoms with E-state index in [2.05, 4.69) is 25.7 Å². The molecule has 1 saturated heterocycles. The molecular weight excluding hydrogens is 178 g/mol. The first-order chi connectivity index (χ1) is 6.47. The summed E-state index contributed by atoms with van der Waals surface area (Å²) in [5.74, 6) is 0.391. The van der Waals surface area contributed by atoms with Crippen LogP contribution in [0, 0.1) is 0 Å². The van der Waals surface area contributed by atoms with Crippen LogP contribution in [-0.4, -0.2) is 42.5 Å². The van der Waals surface area contributed by atoms with Gasteiger partial charge in [0.05, 0.1) is 6.61 Å². The van der Waals surface area contributed by atoms with Gasteiger partial charge in [-0.25, -0.2) is 0 Å². The molecule has 1 aliphatic rings. The number of hydrogen-bond donors (Lipinski definition) is 0. The van der Waals surface area contributed by atoms with Crippen molar-refractivity contribution in [1.29, 1.82) is 0 Å². The largest absolute Gasteiger partial charge is 0.383 e. The van der Waals surface area contributed by atoms with Gasteiger partial charge in [-0.15, -0.1) is 0 Å². The minimum absolute atomic E-state index is 0.0366. The highest BCUT2D eigenvalue weighted by molar-refractivity contribution is 5.79. The molecule has 82 valence electrons. The molecule has 1 aliphatic heterocycles. The van der Waals surface area contributed by atoms with E-state index in [-0.39, 0.29) is 5.54 Å². The van der Waals surface area contributed by atoms with Gasteiger partial charge in [0.1, 0.15) is 5.78 Å². The first kappa shape index (κ1) is 11.7. The third-order valence-electron chi connectivity index (χ3n) is 2.96. The lowest BCUT2D eigenvalue weighted by Crippen LogP contribution is -2.55. The van der Waals surface area contributed by atoms with Crippen LogP contribution in [0.15, 0.2) is 0 Å². The molecule has 3 nitrogen and oxygen atoms in total. The number of ether oxygens (including phenoxy) is 1. The molecule has 1 heterocycles. The number of nitrogens with zero attached hydrogens (tertiary/aromatic N) is 1. The summed E-state index contributed by atoms with van der Waals surface area (Å²) in [6, 6.07) is 0.349. The van der Waals surface area contributed by atoms with E-state index >= 15 is 0 Å². The number of methoxy groups -OCH3 is 1. The molecule has 0 aromatic carbocycles. The van der Waals surface area contributed by atoms with Crippen molar-refractivity contribution in [3.63, 3.8) is 0 Å². The van der Waals surface area contributed by atoms with Gasteiger partial charge in [-0.3, -0.25) is 9.69 Å². The van der Waals surface area contributed by atoms with Gasteiger partial charge >= 0.3 is 0 Å². The van der Waals surface area contributed by atoms with Crippen LogP contribution in [0.5, 0.6) is 0 Å². The lowest BCUT2D eigenvalue weighted by Gasteiger charge is -2.44. The molecule has 1 rings (SSSR count). The van der Waals surface area contributed by atoms with E-state index < -0.39 is 0 Å². The van der Waals surface area contributed by atoms with Crippen LogP contribution in [0.3, 0.4) is 0 Å². The van der Waals surface area contributed by atoms with E-state index in [4.69, 9.17) is 4.74 Å². The molecule has 0 saturated carbocycles. The Morgan fingerprint density at radius 1 is 1.57 bits per heavy atom. The normalized spacial score (nSPS) is 25.4. The second-order valence-electron chi connectivity index (χ2n) is 4.78. The molecule has 14 heavy (non-hydrogen) atoms. The zero-order valence-electron chi connectivity index (χ0n) is 9.67. The topological polar surface area (TPSA) is 29.5 Å². The molecule has 0 N–H and O–H groups in total. The van der Waals surface area contributed by atoms with Gasteiger partial charge in [0.15, 0.2) is 0 Å². The van der Waals surface area contributed by atoms with Gasteiger partial charge in [-0.1, -0.05) is 0 Å². The minimum atomic E-state index is 0.0366. The first-order valence-electron chi connectivity index (χ1n) is 5.25. The highest BCUT2D eigenvalue weighted by Gasteiger charge is 2.34. The lowest BCUT2D eigenvalue weighted by atomic mass is 9.94. The maximum absolute atomic E-state index is 11.2.